The van der Waals surface area contributed by atoms with Gasteiger partial charge in [0.25, 0.3) is 0 Å². The standard InChI is InChI=1S/C14H23N3O/c18-14(13-11-2-1-3-12(11)13)17-6-4-16(5-7-17)10-8-15-9-10/h10-13,15H,1-9H2. The molecule has 0 bridgehead atoms. The maximum absolute atomic E-state index is 12.4. The summed E-state index contributed by atoms with van der Waals surface area (Å²) in [5, 5.41) is 3.33. The summed E-state index contributed by atoms with van der Waals surface area (Å²) >= 11 is 0. The van der Waals surface area contributed by atoms with Gasteiger partial charge in [-0.25, -0.2) is 0 Å². The molecule has 0 aromatic heterocycles. The molecule has 0 spiro atoms. The topological polar surface area (TPSA) is 35.6 Å². The molecule has 4 heteroatoms. The molecule has 4 rings (SSSR count). The van der Waals surface area contributed by atoms with Crippen LogP contribution in [0.5, 0.6) is 0 Å². The summed E-state index contributed by atoms with van der Waals surface area (Å²) in [6, 6.07) is 0.738. The highest BCUT2D eigenvalue weighted by molar-refractivity contribution is 5.82. The van der Waals surface area contributed by atoms with E-state index in [9.17, 15) is 4.79 Å². The van der Waals surface area contributed by atoms with Gasteiger partial charge >= 0.3 is 0 Å². The third-order valence-electron chi connectivity index (χ3n) is 5.59. The molecule has 2 saturated carbocycles. The van der Waals surface area contributed by atoms with Gasteiger partial charge in [0.2, 0.25) is 5.91 Å². The quantitative estimate of drug-likeness (QED) is 0.756. The van der Waals surface area contributed by atoms with Crippen LogP contribution in [0.4, 0.5) is 0 Å². The van der Waals surface area contributed by atoms with Gasteiger partial charge < -0.3 is 10.2 Å². The molecule has 1 amide bonds. The van der Waals surface area contributed by atoms with Gasteiger partial charge in [0.05, 0.1) is 0 Å². The highest BCUT2D eigenvalue weighted by atomic mass is 16.2. The van der Waals surface area contributed by atoms with Crippen molar-refractivity contribution in [3.8, 4) is 0 Å². The summed E-state index contributed by atoms with van der Waals surface area (Å²) in [5.41, 5.74) is 0. The third-order valence-corrected chi connectivity index (χ3v) is 5.59. The second kappa shape index (κ2) is 4.20. The van der Waals surface area contributed by atoms with Crippen LogP contribution in [-0.2, 0) is 4.79 Å². The van der Waals surface area contributed by atoms with Crippen LogP contribution in [0.1, 0.15) is 19.3 Å². The van der Waals surface area contributed by atoms with Crippen molar-refractivity contribution in [3.05, 3.63) is 0 Å². The largest absolute Gasteiger partial charge is 0.340 e. The normalized spacial score (nSPS) is 40.4. The van der Waals surface area contributed by atoms with Crippen molar-refractivity contribution in [2.75, 3.05) is 39.3 Å². The van der Waals surface area contributed by atoms with E-state index in [0.29, 0.717) is 11.8 Å². The number of carbonyl (C=O) groups is 1. The Morgan fingerprint density at radius 2 is 1.67 bits per heavy atom. The van der Waals surface area contributed by atoms with E-state index in [-0.39, 0.29) is 0 Å². The highest BCUT2D eigenvalue weighted by Gasteiger charge is 2.57. The van der Waals surface area contributed by atoms with Crippen molar-refractivity contribution in [2.45, 2.75) is 25.3 Å². The lowest BCUT2D eigenvalue weighted by atomic mass is 10.1. The predicted octanol–water partition coefficient (Wildman–Crippen LogP) is 0.149. The molecule has 4 fully saturated rings. The number of rotatable bonds is 2. The van der Waals surface area contributed by atoms with Gasteiger partial charge in [0, 0.05) is 51.2 Å². The number of nitrogens with one attached hydrogen (secondary N) is 1. The first-order valence-corrected chi connectivity index (χ1v) is 7.58. The second-order valence-electron chi connectivity index (χ2n) is 6.46. The Kier molecular flexibility index (Phi) is 2.62. The van der Waals surface area contributed by atoms with Gasteiger partial charge in [0.15, 0.2) is 0 Å². The van der Waals surface area contributed by atoms with Crippen LogP contribution in [0.25, 0.3) is 0 Å². The predicted molar refractivity (Wildman–Crippen MR) is 69.1 cm³/mol. The molecular formula is C14H23N3O. The maximum Gasteiger partial charge on any atom is 0.226 e. The lowest BCUT2D eigenvalue weighted by Gasteiger charge is -2.43. The lowest BCUT2D eigenvalue weighted by Crippen LogP contribution is -2.62. The molecule has 0 aromatic carbocycles. The Morgan fingerprint density at radius 1 is 1.00 bits per heavy atom. The third kappa shape index (κ3) is 1.69. The van der Waals surface area contributed by atoms with Gasteiger partial charge in [-0.15, -0.1) is 0 Å². The molecule has 2 heterocycles. The van der Waals surface area contributed by atoms with Crippen LogP contribution in [0.2, 0.25) is 0 Å². The molecule has 18 heavy (non-hydrogen) atoms. The van der Waals surface area contributed by atoms with Crippen LogP contribution < -0.4 is 5.32 Å². The van der Waals surface area contributed by atoms with Crippen molar-refractivity contribution in [3.63, 3.8) is 0 Å². The smallest absolute Gasteiger partial charge is 0.226 e. The molecule has 1 N–H and O–H groups in total. The molecule has 4 nitrogen and oxygen atoms in total. The van der Waals surface area contributed by atoms with E-state index in [0.717, 1.165) is 57.1 Å². The summed E-state index contributed by atoms with van der Waals surface area (Å²) in [6.45, 7) is 6.37. The van der Waals surface area contributed by atoms with E-state index in [4.69, 9.17) is 0 Å². The zero-order valence-electron chi connectivity index (χ0n) is 11.0. The first kappa shape index (κ1) is 11.2. The zero-order valence-corrected chi connectivity index (χ0v) is 11.0. The van der Waals surface area contributed by atoms with E-state index in [1.807, 2.05) is 0 Å². The minimum absolute atomic E-state index is 0.427. The summed E-state index contributed by atoms with van der Waals surface area (Å²) in [5.74, 6) is 2.45. The SMILES string of the molecule is O=C(C1C2CCCC21)N1CCN(C2CNC2)CC1. The zero-order chi connectivity index (χ0) is 12.1. The van der Waals surface area contributed by atoms with Crippen LogP contribution in [0, 0.1) is 17.8 Å². The Hall–Kier alpha value is -0.610. The fourth-order valence-electron chi connectivity index (χ4n) is 4.24. The van der Waals surface area contributed by atoms with Gasteiger partial charge in [0.1, 0.15) is 0 Å². The summed E-state index contributed by atoms with van der Waals surface area (Å²) in [7, 11) is 0. The van der Waals surface area contributed by atoms with Crippen LogP contribution in [0.3, 0.4) is 0 Å². The number of amides is 1. The lowest BCUT2D eigenvalue weighted by molar-refractivity contribution is -0.135. The second-order valence-corrected chi connectivity index (χ2v) is 6.46. The van der Waals surface area contributed by atoms with Crippen molar-refractivity contribution in [1.29, 1.82) is 0 Å². The molecule has 2 atom stereocenters. The maximum atomic E-state index is 12.4. The van der Waals surface area contributed by atoms with Crippen LogP contribution in [0.15, 0.2) is 0 Å². The number of carbonyl (C=O) groups excluding carboxylic acids is 1. The molecule has 4 aliphatic rings. The first-order valence-electron chi connectivity index (χ1n) is 7.58. The molecular weight excluding hydrogens is 226 g/mol. The Labute approximate surface area is 109 Å². The average Bonchev–Trinajstić information content (AvgIpc) is 2.80. The van der Waals surface area contributed by atoms with Crippen molar-refractivity contribution in [2.24, 2.45) is 17.8 Å². The van der Waals surface area contributed by atoms with Crippen LogP contribution in [-0.4, -0.2) is 61.0 Å². The summed E-state index contributed by atoms with van der Waals surface area (Å²) in [4.78, 5) is 17.1. The number of hydrogen-bond acceptors (Lipinski definition) is 3. The fraction of sp³-hybridized carbons (Fsp3) is 0.929. The summed E-state index contributed by atoms with van der Waals surface area (Å²) < 4.78 is 0. The van der Waals surface area contributed by atoms with E-state index in [1.165, 1.54) is 19.3 Å². The number of nitrogens with zero attached hydrogens (tertiary/aromatic N) is 2. The van der Waals surface area contributed by atoms with Crippen molar-refractivity contribution in [1.82, 2.24) is 15.1 Å². The first-order chi connectivity index (χ1) is 8.84. The van der Waals surface area contributed by atoms with E-state index in [2.05, 4.69) is 15.1 Å². The van der Waals surface area contributed by atoms with Gasteiger partial charge in [-0.05, 0) is 24.7 Å². The molecule has 2 aliphatic carbocycles. The Morgan fingerprint density at radius 3 is 2.22 bits per heavy atom. The number of fused-ring (bicyclic) bond motifs is 1. The van der Waals surface area contributed by atoms with Gasteiger partial charge in [-0.1, -0.05) is 6.42 Å². The molecule has 2 saturated heterocycles. The highest BCUT2D eigenvalue weighted by Crippen LogP contribution is 2.58. The van der Waals surface area contributed by atoms with Crippen molar-refractivity contribution < 1.29 is 4.79 Å². The van der Waals surface area contributed by atoms with E-state index in [1.54, 1.807) is 0 Å². The monoisotopic (exact) mass is 249 g/mol. The minimum atomic E-state index is 0.427. The molecule has 0 radical (unpaired) electrons. The molecule has 100 valence electrons. The number of hydrogen-bond donors (Lipinski definition) is 1. The Balaban J connectivity index is 1.30. The molecule has 2 aliphatic heterocycles. The van der Waals surface area contributed by atoms with Gasteiger partial charge in [-0.2, -0.15) is 0 Å². The number of piperazine rings is 1. The fourth-order valence-corrected chi connectivity index (χ4v) is 4.24. The van der Waals surface area contributed by atoms with E-state index >= 15 is 0 Å². The molecule has 2 unspecified atom stereocenters. The Bertz CT molecular complexity index is 337. The van der Waals surface area contributed by atoms with Gasteiger partial charge in [-0.3, -0.25) is 9.69 Å². The van der Waals surface area contributed by atoms with Crippen molar-refractivity contribution >= 4 is 5.91 Å². The van der Waals surface area contributed by atoms with Crippen LogP contribution >= 0.6 is 0 Å². The summed E-state index contributed by atoms with van der Waals surface area (Å²) in [6.07, 6.45) is 3.99. The minimum Gasteiger partial charge on any atom is -0.340 e. The average molecular weight is 249 g/mol. The molecule has 0 aromatic rings. The van der Waals surface area contributed by atoms with E-state index < -0.39 is 0 Å².